The molecular formula is C16H33NO2. The maximum atomic E-state index is 12.1. The van der Waals surface area contributed by atoms with Crippen molar-refractivity contribution in [3.05, 3.63) is 0 Å². The first-order chi connectivity index (χ1) is 8.61. The second kappa shape index (κ2) is 7.76. The summed E-state index contributed by atoms with van der Waals surface area (Å²) in [6.45, 7) is 15.7. The number of nitrogens with zero attached hydrogens (tertiary/aromatic N) is 1. The van der Waals surface area contributed by atoms with E-state index in [2.05, 4.69) is 48.5 Å². The number of carbonyl (C=O) groups excluding carboxylic acids is 1. The summed E-state index contributed by atoms with van der Waals surface area (Å²) >= 11 is 0. The molecule has 1 amide bonds. The maximum Gasteiger partial charge on any atom is 0.409 e. The zero-order chi connectivity index (χ0) is 15.2. The normalized spacial score (nSPS) is 13.8. The van der Waals surface area contributed by atoms with Crippen molar-refractivity contribution in [2.45, 2.75) is 67.4 Å². The Hall–Kier alpha value is -0.730. The Morgan fingerprint density at radius 1 is 1.21 bits per heavy atom. The molecule has 0 N–H and O–H groups in total. The largest absolute Gasteiger partial charge is 0.445 e. The molecule has 0 aliphatic carbocycles. The van der Waals surface area contributed by atoms with Gasteiger partial charge in [-0.25, -0.2) is 4.79 Å². The van der Waals surface area contributed by atoms with Gasteiger partial charge in [-0.05, 0) is 18.3 Å². The number of ether oxygens (including phenoxy) is 1. The highest BCUT2D eigenvalue weighted by Gasteiger charge is 2.35. The zero-order valence-electron chi connectivity index (χ0n) is 14.1. The van der Waals surface area contributed by atoms with E-state index in [0.717, 1.165) is 19.4 Å². The maximum absolute atomic E-state index is 12.1. The Morgan fingerprint density at radius 3 is 2.11 bits per heavy atom. The third kappa shape index (κ3) is 6.31. The minimum absolute atomic E-state index is 0.0250. The number of hydrogen-bond donors (Lipinski definition) is 0. The minimum Gasteiger partial charge on any atom is -0.445 e. The van der Waals surface area contributed by atoms with Crippen LogP contribution in [0.4, 0.5) is 4.79 Å². The van der Waals surface area contributed by atoms with Crippen LogP contribution in [0.25, 0.3) is 0 Å². The van der Waals surface area contributed by atoms with Crippen molar-refractivity contribution in [3.63, 3.8) is 0 Å². The van der Waals surface area contributed by atoms with Crippen molar-refractivity contribution < 1.29 is 9.53 Å². The molecule has 0 aliphatic rings. The predicted octanol–water partition coefficient (Wildman–Crippen LogP) is 4.56. The fraction of sp³-hybridized carbons (Fsp3) is 0.938. The molecule has 19 heavy (non-hydrogen) atoms. The van der Waals surface area contributed by atoms with E-state index < -0.39 is 0 Å². The first-order valence-electron chi connectivity index (χ1n) is 7.53. The van der Waals surface area contributed by atoms with Gasteiger partial charge in [-0.3, -0.25) is 0 Å². The standard InChI is InChI=1S/C16H33NO2/c1-9-10-16(6,7)14(13(4)5)19-15(18)17(8)11-12(2)3/h12-14H,9-11H2,1-8H3. The highest BCUT2D eigenvalue weighted by Crippen LogP contribution is 2.33. The molecule has 0 aliphatic heterocycles. The van der Waals surface area contributed by atoms with E-state index in [1.165, 1.54) is 0 Å². The van der Waals surface area contributed by atoms with Gasteiger partial charge in [-0.1, -0.05) is 54.9 Å². The molecule has 0 aromatic heterocycles. The number of carbonyl (C=O) groups is 1. The lowest BCUT2D eigenvalue weighted by atomic mass is 9.77. The van der Waals surface area contributed by atoms with Crippen molar-refractivity contribution in [1.82, 2.24) is 4.90 Å². The first kappa shape index (κ1) is 18.3. The van der Waals surface area contributed by atoms with Gasteiger partial charge in [0.2, 0.25) is 0 Å². The monoisotopic (exact) mass is 271 g/mol. The van der Waals surface area contributed by atoms with E-state index in [4.69, 9.17) is 4.74 Å². The van der Waals surface area contributed by atoms with Gasteiger partial charge in [0, 0.05) is 19.0 Å². The fourth-order valence-electron chi connectivity index (χ4n) is 2.81. The SMILES string of the molecule is CCCC(C)(C)C(OC(=O)N(C)CC(C)C)C(C)C. The summed E-state index contributed by atoms with van der Waals surface area (Å²) in [6, 6.07) is 0. The van der Waals surface area contributed by atoms with E-state index >= 15 is 0 Å². The van der Waals surface area contributed by atoms with Gasteiger partial charge in [0.25, 0.3) is 0 Å². The Labute approximate surface area is 119 Å². The summed E-state index contributed by atoms with van der Waals surface area (Å²) in [5.74, 6) is 0.789. The van der Waals surface area contributed by atoms with Gasteiger partial charge in [-0.15, -0.1) is 0 Å². The average Bonchev–Trinajstić information content (AvgIpc) is 2.23. The molecule has 0 saturated carbocycles. The lowest BCUT2D eigenvalue weighted by molar-refractivity contribution is -0.0247. The predicted molar refractivity (Wildman–Crippen MR) is 81.3 cm³/mol. The van der Waals surface area contributed by atoms with Crippen LogP contribution in [0.1, 0.15) is 61.3 Å². The molecule has 0 saturated heterocycles. The molecular weight excluding hydrogens is 238 g/mol. The van der Waals surface area contributed by atoms with E-state index in [-0.39, 0.29) is 17.6 Å². The van der Waals surface area contributed by atoms with Gasteiger partial charge in [0.15, 0.2) is 0 Å². The molecule has 0 rings (SSSR count). The summed E-state index contributed by atoms with van der Waals surface area (Å²) in [4.78, 5) is 13.8. The summed E-state index contributed by atoms with van der Waals surface area (Å²) in [5, 5.41) is 0. The quantitative estimate of drug-likeness (QED) is 0.679. The van der Waals surface area contributed by atoms with Crippen LogP contribution in [-0.4, -0.2) is 30.7 Å². The van der Waals surface area contributed by atoms with E-state index in [1.807, 2.05) is 7.05 Å². The number of amides is 1. The smallest absolute Gasteiger partial charge is 0.409 e. The van der Waals surface area contributed by atoms with Crippen molar-refractivity contribution in [1.29, 1.82) is 0 Å². The fourth-order valence-corrected chi connectivity index (χ4v) is 2.81. The van der Waals surface area contributed by atoms with Crippen LogP contribution in [0.2, 0.25) is 0 Å². The van der Waals surface area contributed by atoms with Crippen molar-refractivity contribution in [3.8, 4) is 0 Å². The molecule has 0 spiro atoms. The molecule has 0 bridgehead atoms. The third-order valence-corrected chi connectivity index (χ3v) is 3.45. The van der Waals surface area contributed by atoms with Gasteiger partial charge in [-0.2, -0.15) is 0 Å². The summed E-state index contributed by atoms with van der Waals surface area (Å²) in [5.41, 5.74) is 0.0250. The van der Waals surface area contributed by atoms with Crippen molar-refractivity contribution >= 4 is 6.09 Å². The average molecular weight is 271 g/mol. The number of rotatable bonds is 7. The molecule has 0 fully saturated rings. The molecule has 114 valence electrons. The van der Waals surface area contributed by atoms with Gasteiger partial charge >= 0.3 is 6.09 Å². The Balaban J connectivity index is 4.72. The van der Waals surface area contributed by atoms with E-state index in [9.17, 15) is 4.79 Å². The van der Waals surface area contributed by atoms with Crippen LogP contribution < -0.4 is 0 Å². The van der Waals surface area contributed by atoms with Crippen LogP contribution >= 0.6 is 0 Å². The molecule has 0 aromatic carbocycles. The highest BCUT2D eigenvalue weighted by atomic mass is 16.6. The van der Waals surface area contributed by atoms with Crippen molar-refractivity contribution in [2.75, 3.05) is 13.6 Å². The molecule has 0 radical (unpaired) electrons. The van der Waals surface area contributed by atoms with Crippen LogP contribution in [0, 0.1) is 17.3 Å². The van der Waals surface area contributed by atoms with E-state index in [1.54, 1.807) is 4.90 Å². The molecule has 0 aromatic rings. The Bertz CT molecular complexity index is 272. The van der Waals surface area contributed by atoms with E-state index in [0.29, 0.717) is 11.8 Å². The van der Waals surface area contributed by atoms with Crippen LogP contribution in [0.15, 0.2) is 0 Å². The number of hydrogen-bond acceptors (Lipinski definition) is 2. The topological polar surface area (TPSA) is 29.5 Å². The van der Waals surface area contributed by atoms with Gasteiger partial charge in [0.1, 0.15) is 6.10 Å². The lowest BCUT2D eigenvalue weighted by Crippen LogP contribution is -2.42. The van der Waals surface area contributed by atoms with Crippen LogP contribution in [0.3, 0.4) is 0 Å². The van der Waals surface area contributed by atoms with Crippen LogP contribution in [0.5, 0.6) is 0 Å². The highest BCUT2D eigenvalue weighted by molar-refractivity contribution is 5.67. The second-order valence-corrected chi connectivity index (χ2v) is 7.06. The molecule has 1 unspecified atom stereocenters. The second-order valence-electron chi connectivity index (χ2n) is 7.06. The molecule has 1 atom stereocenters. The summed E-state index contributed by atoms with van der Waals surface area (Å²) in [6.07, 6.45) is 1.94. The molecule has 3 heteroatoms. The minimum atomic E-state index is -0.198. The summed E-state index contributed by atoms with van der Waals surface area (Å²) < 4.78 is 5.78. The van der Waals surface area contributed by atoms with Crippen LogP contribution in [-0.2, 0) is 4.74 Å². The Morgan fingerprint density at radius 2 is 1.74 bits per heavy atom. The summed E-state index contributed by atoms with van der Waals surface area (Å²) in [7, 11) is 1.81. The van der Waals surface area contributed by atoms with Crippen molar-refractivity contribution in [2.24, 2.45) is 17.3 Å². The first-order valence-corrected chi connectivity index (χ1v) is 7.53. The molecule has 3 nitrogen and oxygen atoms in total. The molecule has 0 heterocycles. The van der Waals surface area contributed by atoms with Gasteiger partial charge < -0.3 is 9.64 Å². The van der Waals surface area contributed by atoms with Gasteiger partial charge in [0.05, 0.1) is 0 Å². The zero-order valence-corrected chi connectivity index (χ0v) is 14.1. The third-order valence-electron chi connectivity index (χ3n) is 3.45. The lowest BCUT2D eigenvalue weighted by Gasteiger charge is -2.37. The Kier molecular flexibility index (Phi) is 7.46.